The van der Waals surface area contributed by atoms with Crippen LogP contribution in [-0.4, -0.2) is 52.2 Å². The van der Waals surface area contributed by atoms with E-state index >= 15 is 0 Å². The number of hydrogen-bond donors (Lipinski definition) is 2. The average molecular weight is 400 g/mol. The highest BCUT2D eigenvalue weighted by Gasteiger charge is 2.30. The molecule has 11 heteroatoms. The number of nitrogens with zero attached hydrogens (tertiary/aromatic N) is 3. The first kappa shape index (κ1) is 19.1. The zero-order valence-electron chi connectivity index (χ0n) is 13.9. The maximum atomic E-state index is 13.0. The summed E-state index contributed by atoms with van der Waals surface area (Å²) in [6.45, 7) is 1.99. The molecule has 2 aromatic rings. The Labute approximate surface area is 156 Å². The van der Waals surface area contributed by atoms with Crippen molar-refractivity contribution in [1.82, 2.24) is 14.6 Å². The molecular weight excluding hydrogens is 385 g/mol. The summed E-state index contributed by atoms with van der Waals surface area (Å²) < 4.78 is 44.8. The van der Waals surface area contributed by atoms with E-state index in [9.17, 15) is 23.1 Å². The van der Waals surface area contributed by atoms with Crippen molar-refractivity contribution in [3.8, 4) is 11.6 Å². The van der Waals surface area contributed by atoms with Gasteiger partial charge in [0.1, 0.15) is 5.56 Å². The number of aromatic hydroxyl groups is 1. The van der Waals surface area contributed by atoms with Crippen molar-refractivity contribution in [1.29, 1.82) is 0 Å². The number of benzene rings is 1. The highest BCUT2D eigenvalue weighted by Crippen LogP contribution is 2.31. The lowest BCUT2D eigenvalue weighted by Gasteiger charge is -2.23. The standard InChI is InChI=1S/C16H15F3N4O3S/c17-16(18,19)10-2-1-3-11(8-10)23-14(25)12(13(24)21-15(23)27)9-20-22-4-6-26-7-5-22/h1-3,8-9,25H,4-7H2,(H,21,24,27). The Kier molecular flexibility index (Phi) is 5.33. The number of rotatable bonds is 3. The van der Waals surface area contributed by atoms with Crippen molar-refractivity contribution >= 4 is 18.4 Å². The van der Waals surface area contributed by atoms with Crippen LogP contribution in [0, 0.1) is 4.77 Å². The second kappa shape index (κ2) is 7.53. The van der Waals surface area contributed by atoms with Gasteiger partial charge in [-0.3, -0.25) is 19.4 Å². The lowest BCUT2D eigenvalue weighted by Crippen LogP contribution is -2.32. The van der Waals surface area contributed by atoms with Crippen LogP contribution in [0.4, 0.5) is 13.2 Å². The molecule has 0 saturated carbocycles. The Morgan fingerprint density at radius 2 is 2.00 bits per heavy atom. The summed E-state index contributed by atoms with van der Waals surface area (Å²) >= 11 is 5.01. The summed E-state index contributed by atoms with van der Waals surface area (Å²) in [5.74, 6) is -0.597. The molecule has 0 unspecified atom stereocenters. The molecular formula is C16H15F3N4O3S. The number of aromatic amines is 1. The van der Waals surface area contributed by atoms with Gasteiger partial charge < -0.3 is 9.84 Å². The molecule has 27 heavy (non-hydrogen) atoms. The molecule has 1 fully saturated rings. The Bertz CT molecular complexity index is 978. The van der Waals surface area contributed by atoms with Crippen LogP contribution in [0.25, 0.3) is 5.69 Å². The van der Waals surface area contributed by atoms with Gasteiger partial charge >= 0.3 is 6.18 Å². The van der Waals surface area contributed by atoms with Crippen molar-refractivity contribution in [2.75, 3.05) is 26.3 Å². The molecule has 0 bridgehead atoms. The fourth-order valence-electron chi connectivity index (χ4n) is 2.52. The molecule has 0 amide bonds. The second-order valence-electron chi connectivity index (χ2n) is 5.69. The van der Waals surface area contributed by atoms with Crippen molar-refractivity contribution in [3.63, 3.8) is 0 Å². The Hall–Kier alpha value is -2.66. The van der Waals surface area contributed by atoms with Crippen LogP contribution in [-0.2, 0) is 10.9 Å². The van der Waals surface area contributed by atoms with Crippen molar-refractivity contribution in [3.05, 3.63) is 50.5 Å². The van der Waals surface area contributed by atoms with Crippen molar-refractivity contribution in [2.45, 2.75) is 6.18 Å². The topological polar surface area (TPSA) is 82.8 Å². The molecule has 7 nitrogen and oxygen atoms in total. The Balaban J connectivity index is 2.06. The van der Waals surface area contributed by atoms with E-state index in [2.05, 4.69) is 10.1 Å². The first-order chi connectivity index (χ1) is 12.8. The summed E-state index contributed by atoms with van der Waals surface area (Å²) in [5.41, 5.74) is -1.86. The molecule has 2 N–H and O–H groups in total. The number of hydrazone groups is 1. The van der Waals surface area contributed by atoms with Gasteiger partial charge in [-0.1, -0.05) is 6.07 Å². The van der Waals surface area contributed by atoms with Crippen LogP contribution < -0.4 is 5.56 Å². The first-order valence-corrected chi connectivity index (χ1v) is 8.31. The van der Waals surface area contributed by atoms with Gasteiger partial charge in [0.25, 0.3) is 5.56 Å². The van der Waals surface area contributed by atoms with Gasteiger partial charge in [0.05, 0.1) is 43.8 Å². The molecule has 1 saturated heterocycles. The number of alkyl halides is 3. The monoisotopic (exact) mass is 400 g/mol. The Morgan fingerprint density at radius 1 is 1.30 bits per heavy atom. The summed E-state index contributed by atoms with van der Waals surface area (Å²) in [7, 11) is 0. The Morgan fingerprint density at radius 3 is 2.67 bits per heavy atom. The fraction of sp³-hybridized carbons (Fsp3) is 0.312. The van der Waals surface area contributed by atoms with Gasteiger partial charge in [0, 0.05) is 0 Å². The number of hydrogen-bond acceptors (Lipinski definition) is 6. The van der Waals surface area contributed by atoms with E-state index in [1.54, 1.807) is 5.01 Å². The maximum Gasteiger partial charge on any atom is 0.416 e. The summed E-state index contributed by atoms with van der Waals surface area (Å²) in [4.78, 5) is 14.5. The van der Waals surface area contributed by atoms with E-state index < -0.39 is 23.2 Å². The predicted molar refractivity (Wildman–Crippen MR) is 93.9 cm³/mol. The van der Waals surface area contributed by atoms with Crippen LogP contribution in [0.5, 0.6) is 5.88 Å². The van der Waals surface area contributed by atoms with Crippen LogP contribution in [0.2, 0.25) is 0 Å². The molecule has 0 atom stereocenters. The molecule has 1 aliphatic rings. The molecule has 0 spiro atoms. The van der Waals surface area contributed by atoms with Crippen LogP contribution in [0.1, 0.15) is 11.1 Å². The molecule has 2 heterocycles. The predicted octanol–water partition coefficient (Wildman–Crippen LogP) is 2.29. The molecule has 0 radical (unpaired) electrons. The lowest BCUT2D eigenvalue weighted by atomic mass is 10.2. The number of nitrogens with one attached hydrogen (secondary N) is 1. The second-order valence-corrected chi connectivity index (χ2v) is 6.08. The average Bonchev–Trinajstić information content (AvgIpc) is 2.61. The third kappa shape index (κ3) is 4.19. The van der Waals surface area contributed by atoms with E-state index in [0.717, 1.165) is 22.9 Å². The number of H-pyrrole nitrogens is 1. The van der Waals surface area contributed by atoms with Gasteiger partial charge in [0.15, 0.2) is 4.77 Å². The fourth-order valence-corrected chi connectivity index (χ4v) is 2.81. The van der Waals surface area contributed by atoms with E-state index in [1.165, 1.54) is 12.1 Å². The normalized spacial score (nSPS) is 15.4. The quantitative estimate of drug-likeness (QED) is 0.610. The van der Waals surface area contributed by atoms with E-state index in [-0.39, 0.29) is 16.0 Å². The van der Waals surface area contributed by atoms with E-state index in [4.69, 9.17) is 17.0 Å². The van der Waals surface area contributed by atoms with Gasteiger partial charge in [-0.2, -0.15) is 18.3 Å². The zero-order chi connectivity index (χ0) is 19.6. The van der Waals surface area contributed by atoms with Gasteiger partial charge in [-0.15, -0.1) is 0 Å². The van der Waals surface area contributed by atoms with Gasteiger partial charge in [-0.05, 0) is 30.4 Å². The minimum Gasteiger partial charge on any atom is -0.494 e. The lowest BCUT2D eigenvalue weighted by molar-refractivity contribution is -0.137. The smallest absolute Gasteiger partial charge is 0.416 e. The number of halogens is 3. The van der Waals surface area contributed by atoms with E-state index in [1.807, 2.05) is 0 Å². The molecule has 0 aliphatic carbocycles. The van der Waals surface area contributed by atoms with Crippen molar-refractivity contribution < 1.29 is 23.0 Å². The minimum absolute atomic E-state index is 0.0374. The number of morpholine rings is 1. The van der Waals surface area contributed by atoms with Crippen LogP contribution in [0.3, 0.4) is 0 Å². The highest BCUT2D eigenvalue weighted by molar-refractivity contribution is 7.71. The SMILES string of the molecule is O=c1[nH]c(=S)n(-c2cccc(C(F)(F)F)c2)c(O)c1C=NN1CCOCC1. The molecule has 144 valence electrons. The minimum atomic E-state index is -4.56. The van der Waals surface area contributed by atoms with E-state index in [0.29, 0.717) is 26.3 Å². The molecule has 1 aromatic carbocycles. The third-order valence-electron chi connectivity index (χ3n) is 3.89. The molecule has 1 aromatic heterocycles. The van der Waals surface area contributed by atoms with Gasteiger partial charge in [-0.25, -0.2) is 0 Å². The van der Waals surface area contributed by atoms with Gasteiger partial charge in [0.2, 0.25) is 5.88 Å². The molecule has 3 rings (SSSR count). The summed E-state index contributed by atoms with van der Waals surface area (Å²) in [6.07, 6.45) is -3.41. The summed E-state index contributed by atoms with van der Waals surface area (Å²) in [5, 5.41) is 16.3. The summed E-state index contributed by atoms with van der Waals surface area (Å²) in [6, 6.07) is 4.26. The third-order valence-corrected chi connectivity index (χ3v) is 4.17. The first-order valence-electron chi connectivity index (χ1n) is 7.90. The zero-order valence-corrected chi connectivity index (χ0v) is 14.7. The largest absolute Gasteiger partial charge is 0.494 e. The maximum absolute atomic E-state index is 13.0. The number of ether oxygens (including phenoxy) is 1. The highest BCUT2D eigenvalue weighted by atomic mass is 32.1. The number of aromatic nitrogens is 2. The van der Waals surface area contributed by atoms with Crippen molar-refractivity contribution in [2.24, 2.45) is 5.10 Å². The van der Waals surface area contributed by atoms with Crippen LogP contribution >= 0.6 is 12.2 Å². The molecule has 1 aliphatic heterocycles. The van der Waals surface area contributed by atoms with Crippen LogP contribution in [0.15, 0.2) is 34.2 Å².